The summed E-state index contributed by atoms with van der Waals surface area (Å²) in [4.78, 5) is 19.0. The Kier molecular flexibility index (Phi) is 6.10. The zero-order chi connectivity index (χ0) is 25.8. The molecule has 1 N–H and O–H groups in total. The molecule has 0 saturated heterocycles. The third-order valence-electron chi connectivity index (χ3n) is 6.68. The number of amides is 1. The van der Waals surface area contributed by atoms with Gasteiger partial charge in [0, 0.05) is 29.7 Å². The number of hydrogen-bond donors (Lipinski definition) is 1. The Labute approximate surface area is 214 Å². The van der Waals surface area contributed by atoms with Crippen molar-refractivity contribution >= 4 is 32.7 Å². The van der Waals surface area contributed by atoms with Gasteiger partial charge in [-0.25, -0.2) is 0 Å². The number of carbonyl (C=O) groups is 1. The molecule has 0 aliphatic carbocycles. The molecule has 10 heteroatoms. The summed E-state index contributed by atoms with van der Waals surface area (Å²) in [6.07, 6.45) is -3.96. The molecule has 0 spiro atoms. The molecule has 0 radical (unpaired) electrons. The number of halogens is 4. The molecule has 2 aromatic heterocycles. The van der Waals surface area contributed by atoms with Crippen molar-refractivity contribution in [3.8, 4) is 5.75 Å². The lowest BCUT2D eigenvalue weighted by Crippen LogP contribution is -2.41. The second-order valence-electron chi connectivity index (χ2n) is 8.77. The average molecular weight is 561 g/mol. The zero-order valence-electron chi connectivity index (χ0n) is 19.9. The fraction of sp³-hybridized carbons (Fsp3) is 0.308. The Morgan fingerprint density at radius 1 is 1.25 bits per heavy atom. The Morgan fingerprint density at radius 3 is 2.72 bits per heavy atom. The molecular weight excluding hydrogens is 537 g/mol. The fourth-order valence-corrected chi connectivity index (χ4v) is 5.43. The molecule has 0 fully saturated rings. The Bertz CT molecular complexity index is 1470. The Hall–Kier alpha value is -3.27. The summed E-state index contributed by atoms with van der Waals surface area (Å²) in [5.41, 5.74) is 3.19. The third-order valence-corrected chi connectivity index (χ3v) is 7.63. The molecule has 1 aliphatic heterocycles. The summed E-state index contributed by atoms with van der Waals surface area (Å²) < 4.78 is 48.5. The second kappa shape index (κ2) is 8.99. The van der Waals surface area contributed by atoms with Crippen molar-refractivity contribution in [3.63, 3.8) is 0 Å². The van der Waals surface area contributed by atoms with Crippen LogP contribution in [0.1, 0.15) is 51.5 Å². The molecule has 6 nitrogen and oxygen atoms in total. The van der Waals surface area contributed by atoms with Gasteiger partial charge in [-0.15, -0.1) is 0 Å². The molecule has 1 unspecified atom stereocenters. The van der Waals surface area contributed by atoms with Crippen molar-refractivity contribution in [2.75, 3.05) is 13.7 Å². The first kappa shape index (κ1) is 24.4. The van der Waals surface area contributed by atoms with Gasteiger partial charge in [0.15, 0.2) is 0 Å². The van der Waals surface area contributed by atoms with E-state index in [-0.39, 0.29) is 5.91 Å². The molecule has 4 aromatic rings. The lowest BCUT2D eigenvalue weighted by Gasteiger charge is -2.36. The highest BCUT2D eigenvalue weighted by Crippen LogP contribution is 2.42. The fourth-order valence-electron chi connectivity index (χ4n) is 4.97. The minimum atomic E-state index is -4.50. The van der Waals surface area contributed by atoms with E-state index in [0.717, 1.165) is 28.6 Å². The van der Waals surface area contributed by atoms with Crippen LogP contribution in [-0.4, -0.2) is 39.2 Å². The van der Waals surface area contributed by atoms with Crippen molar-refractivity contribution in [1.29, 1.82) is 0 Å². The highest BCUT2D eigenvalue weighted by molar-refractivity contribution is 9.10. The Balaban J connectivity index is 1.71. The average Bonchev–Trinajstić information content (AvgIpc) is 3.38. The number of benzene rings is 2. The first-order chi connectivity index (χ1) is 17.1. The third kappa shape index (κ3) is 3.97. The number of aromatic amines is 1. The number of ether oxygens (including phenoxy) is 1. The van der Waals surface area contributed by atoms with E-state index in [1.807, 2.05) is 25.1 Å². The van der Waals surface area contributed by atoms with Gasteiger partial charge < -0.3 is 14.6 Å². The number of hydrogen-bond acceptors (Lipinski definition) is 3. The van der Waals surface area contributed by atoms with Crippen LogP contribution in [0.3, 0.4) is 0 Å². The van der Waals surface area contributed by atoms with Crippen molar-refractivity contribution in [3.05, 3.63) is 80.7 Å². The van der Waals surface area contributed by atoms with Gasteiger partial charge in [0.1, 0.15) is 11.4 Å². The van der Waals surface area contributed by atoms with E-state index in [4.69, 9.17) is 4.74 Å². The number of aryl methyl sites for hydroxylation is 2. The van der Waals surface area contributed by atoms with Crippen molar-refractivity contribution in [2.24, 2.45) is 0 Å². The quantitative estimate of drug-likeness (QED) is 0.320. The van der Waals surface area contributed by atoms with E-state index in [2.05, 4.69) is 26.0 Å². The number of aromatic nitrogens is 3. The number of H-pyrrole nitrogens is 1. The van der Waals surface area contributed by atoms with Crippen LogP contribution in [0.25, 0.3) is 10.9 Å². The number of methoxy groups -OCH3 is 1. The van der Waals surface area contributed by atoms with Gasteiger partial charge >= 0.3 is 6.18 Å². The van der Waals surface area contributed by atoms with Gasteiger partial charge in [-0.2, -0.15) is 18.3 Å². The smallest absolute Gasteiger partial charge is 0.416 e. The van der Waals surface area contributed by atoms with Crippen LogP contribution in [0.5, 0.6) is 5.75 Å². The number of rotatable bonds is 4. The van der Waals surface area contributed by atoms with Crippen molar-refractivity contribution in [1.82, 2.24) is 19.7 Å². The molecule has 3 heterocycles. The highest BCUT2D eigenvalue weighted by Gasteiger charge is 2.38. The van der Waals surface area contributed by atoms with E-state index >= 15 is 0 Å². The highest BCUT2D eigenvalue weighted by atomic mass is 79.9. The maximum Gasteiger partial charge on any atom is 0.416 e. The molecule has 1 aliphatic rings. The molecule has 5 rings (SSSR count). The van der Waals surface area contributed by atoms with E-state index in [1.54, 1.807) is 29.7 Å². The van der Waals surface area contributed by atoms with Crippen LogP contribution in [0.15, 0.2) is 46.9 Å². The van der Waals surface area contributed by atoms with E-state index < -0.39 is 17.8 Å². The molecule has 188 valence electrons. The van der Waals surface area contributed by atoms with Gasteiger partial charge in [0.2, 0.25) is 0 Å². The number of fused-ring (bicyclic) bond motifs is 3. The van der Waals surface area contributed by atoms with Gasteiger partial charge in [0.05, 0.1) is 28.9 Å². The first-order valence-electron chi connectivity index (χ1n) is 11.5. The topological polar surface area (TPSA) is 63.2 Å². The van der Waals surface area contributed by atoms with Gasteiger partial charge in [-0.1, -0.05) is 12.1 Å². The lowest BCUT2D eigenvalue weighted by atomic mass is 9.91. The summed E-state index contributed by atoms with van der Waals surface area (Å²) in [7, 11) is 1.59. The standard InChI is InChI=1S/C26H24BrF3N4O2/c1-4-34-24(21(27)14(2)32-34)25(35)33-11-10-18-19-13-17(36-3)8-9-20(19)31-22(18)23(33)15-6-5-7-16(12-15)26(28,29)30/h5-9,12-13,23,31H,4,10-11H2,1-3H3. The molecule has 1 amide bonds. The van der Waals surface area contributed by atoms with Crippen molar-refractivity contribution < 1.29 is 22.7 Å². The summed E-state index contributed by atoms with van der Waals surface area (Å²) in [6, 6.07) is 10.1. The van der Waals surface area contributed by atoms with Crippen LogP contribution in [0.4, 0.5) is 13.2 Å². The summed E-state index contributed by atoms with van der Waals surface area (Å²) in [6.45, 7) is 4.50. The van der Waals surface area contributed by atoms with Crippen LogP contribution in [-0.2, 0) is 19.1 Å². The normalized spacial score (nSPS) is 15.9. The number of nitrogens with one attached hydrogen (secondary N) is 1. The van der Waals surface area contributed by atoms with Crippen LogP contribution in [0.2, 0.25) is 0 Å². The van der Waals surface area contributed by atoms with Crippen LogP contribution in [0, 0.1) is 6.92 Å². The largest absolute Gasteiger partial charge is 0.497 e. The monoisotopic (exact) mass is 560 g/mol. The molecule has 0 saturated carbocycles. The minimum Gasteiger partial charge on any atom is -0.497 e. The molecule has 2 aromatic carbocycles. The Morgan fingerprint density at radius 2 is 2.03 bits per heavy atom. The first-order valence-corrected chi connectivity index (χ1v) is 12.3. The van der Waals surface area contributed by atoms with Gasteiger partial charge in [-0.05, 0) is 77.7 Å². The maximum atomic E-state index is 14.0. The summed E-state index contributed by atoms with van der Waals surface area (Å²) in [5.74, 6) is 0.387. The van der Waals surface area contributed by atoms with E-state index in [1.165, 1.54) is 6.07 Å². The van der Waals surface area contributed by atoms with Crippen molar-refractivity contribution in [2.45, 2.75) is 39.0 Å². The minimum absolute atomic E-state index is 0.298. The second-order valence-corrected chi connectivity index (χ2v) is 9.56. The number of carbonyl (C=O) groups excluding carboxylic acids is 1. The number of alkyl halides is 3. The van der Waals surface area contributed by atoms with Gasteiger partial charge in [-0.3, -0.25) is 9.48 Å². The zero-order valence-corrected chi connectivity index (χ0v) is 21.5. The summed E-state index contributed by atoms with van der Waals surface area (Å²) >= 11 is 3.50. The molecule has 0 bridgehead atoms. The molecule has 36 heavy (non-hydrogen) atoms. The predicted octanol–water partition coefficient (Wildman–Crippen LogP) is 6.27. The van der Waals surface area contributed by atoms with Gasteiger partial charge in [0.25, 0.3) is 5.91 Å². The number of nitrogens with zero attached hydrogens (tertiary/aromatic N) is 3. The lowest BCUT2D eigenvalue weighted by molar-refractivity contribution is -0.137. The SMILES string of the molecule is CCn1nc(C)c(Br)c1C(=O)N1CCc2c([nH]c3ccc(OC)cc23)C1c1cccc(C(F)(F)F)c1. The molecule has 1 atom stereocenters. The van der Waals surface area contributed by atoms with E-state index in [0.29, 0.717) is 52.4 Å². The van der Waals surface area contributed by atoms with Crippen LogP contribution >= 0.6 is 15.9 Å². The molecular formula is C26H24BrF3N4O2. The van der Waals surface area contributed by atoms with E-state index in [9.17, 15) is 18.0 Å². The predicted molar refractivity (Wildman–Crippen MR) is 133 cm³/mol. The maximum absolute atomic E-state index is 14.0. The summed E-state index contributed by atoms with van der Waals surface area (Å²) in [5, 5.41) is 5.37. The van der Waals surface area contributed by atoms with Crippen LogP contribution < -0.4 is 4.74 Å².